The van der Waals surface area contributed by atoms with Gasteiger partial charge in [-0.25, -0.2) is 0 Å². The molecule has 0 bridgehead atoms. The molecule has 0 aromatic rings. The molecular formula is C12H25N. The van der Waals surface area contributed by atoms with Crippen molar-refractivity contribution in [1.29, 1.82) is 0 Å². The summed E-state index contributed by atoms with van der Waals surface area (Å²) in [7, 11) is 0. The molecule has 3 atom stereocenters. The van der Waals surface area contributed by atoms with E-state index in [2.05, 4.69) is 33.0 Å². The molecule has 78 valence electrons. The van der Waals surface area contributed by atoms with Crippen LogP contribution in [0.25, 0.3) is 0 Å². The second-order valence-electron chi connectivity index (χ2n) is 4.90. The van der Waals surface area contributed by atoms with Gasteiger partial charge in [-0.1, -0.05) is 27.2 Å². The van der Waals surface area contributed by atoms with Gasteiger partial charge in [-0.05, 0) is 44.1 Å². The predicted octanol–water partition coefficient (Wildman–Crippen LogP) is 3.06. The highest BCUT2D eigenvalue weighted by Gasteiger charge is 2.27. The molecule has 3 unspecified atom stereocenters. The fourth-order valence-electron chi connectivity index (χ4n) is 1.76. The van der Waals surface area contributed by atoms with Crippen LogP contribution in [0, 0.1) is 17.8 Å². The fourth-order valence-corrected chi connectivity index (χ4v) is 1.76. The van der Waals surface area contributed by atoms with E-state index in [-0.39, 0.29) is 0 Å². The maximum atomic E-state index is 3.65. The van der Waals surface area contributed by atoms with Gasteiger partial charge in [0.2, 0.25) is 0 Å². The second kappa shape index (κ2) is 4.99. The van der Waals surface area contributed by atoms with E-state index in [1.807, 2.05) is 0 Å². The lowest BCUT2D eigenvalue weighted by molar-refractivity contribution is 0.352. The maximum absolute atomic E-state index is 3.65. The van der Waals surface area contributed by atoms with Crippen molar-refractivity contribution in [2.75, 3.05) is 6.54 Å². The molecule has 13 heavy (non-hydrogen) atoms. The van der Waals surface area contributed by atoms with Gasteiger partial charge in [0, 0.05) is 6.04 Å². The summed E-state index contributed by atoms with van der Waals surface area (Å²) in [4.78, 5) is 0. The van der Waals surface area contributed by atoms with E-state index in [0.717, 1.165) is 17.8 Å². The summed E-state index contributed by atoms with van der Waals surface area (Å²) in [6.07, 6.45) is 4.23. The van der Waals surface area contributed by atoms with E-state index >= 15 is 0 Å². The van der Waals surface area contributed by atoms with Crippen LogP contribution in [0.3, 0.4) is 0 Å². The van der Waals surface area contributed by atoms with Crippen molar-refractivity contribution in [2.45, 2.75) is 53.0 Å². The Morgan fingerprint density at radius 3 is 2.31 bits per heavy atom. The summed E-state index contributed by atoms with van der Waals surface area (Å²) in [5.41, 5.74) is 0. The highest BCUT2D eigenvalue weighted by molar-refractivity contribution is 4.81. The summed E-state index contributed by atoms with van der Waals surface area (Å²) in [6.45, 7) is 10.5. The number of nitrogens with one attached hydrogen (secondary N) is 1. The van der Waals surface area contributed by atoms with E-state index in [4.69, 9.17) is 0 Å². The molecule has 0 heterocycles. The first-order valence-corrected chi connectivity index (χ1v) is 5.88. The lowest BCUT2D eigenvalue weighted by atomic mass is 9.99. The summed E-state index contributed by atoms with van der Waals surface area (Å²) in [6, 6.07) is 0.686. The lowest BCUT2D eigenvalue weighted by Crippen LogP contribution is -2.35. The third-order valence-corrected chi connectivity index (χ3v) is 3.69. The average molecular weight is 183 g/mol. The molecule has 0 saturated heterocycles. The van der Waals surface area contributed by atoms with Gasteiger partial charge >= 0.3 is 0 Å². The van der Waals surface area contributed by atoms with Crippen LogP contribution >= 0.6 is 0 Å². The molecular weight excluding hydrogens is 158 g/mol. The van der Waals surface area contributed by atoms with Crippen molar-refractivity contribution in [2.24, 2.45) is 17.8 Å². The Labute approximate surface area is 83.3 Å². The minimum absolute atomic E-state index is 0.686. The Kier molecular flexibility index (Phi) is 4.24. The highest BCUT2D eigenvalue weighted by Crippen LogP contribution is 2.36. The van der Waals surface area contributed by atoms with Gasteiger partial charge in [0.1, 0.15) is 0 Å². The van der Waals surface area contributed by atoms with Gasteiger partial charge in [0.15, 0.2) is 0 Å². The summed E-state index contributed by atoms with van der Waals surface area (Å²) in [5.74, 6) is 2.74. The van der Waals surface area contributed by atoms with E-state index < -0.39 is 0 Å². The summed E-state index contributed by atoms with van der Waals surface area (Å²) >= 11 is 0. The number of hydrogen-bond donors (Lipinski definition) is 1. The van der Waals surface area contributed by atoms with E-state index in [0.29, 0.717) is 6.04 Å². The molecule has 0 radical (unpaired) electrons. The largest absolute Gasteiger partial charge is 0.314 e. The average Bonchev–Trinajstić information content (AvgIpc) is 2.95. The first-order valence-electron chi connectivity index (χ1n) is 5.88. The molecule has 1 fully saturated rings. The van der Waals surface area contributed by atoms with Gasteiger partial charge in [-0.3, -0.25) is 0 Å². The van der Waals surface area contributed by atoms with Gasteiger partial charge in [-0.2, -0.15) is 0 Å². The normalized spacial score (nSPS) is 24.0. The van der Waals surface area contributed by atoms with E-state index in [1.165, 1.54) is 25.8 Å². The van der Waals surface area contributed by atoms with Crippen LogP contribution in [0.1, 0.15) is 47.0 Å². The molecule has 0 spiro atoms. The molecule has 0 aliphatic heterocycles. The standard InChI is InChI=1S/C12H25N/c1-5-9(2)11(4)13-8-10(3)12-6-7-12/h9-13H,5-8H2,1-4H3. The van der Waals surface area contributed by atoms with Crippen molar-refractivity contribution >= 4 is 0 Å². The minimum Gasteiger partial charge on any atom is -0.314 e. The molecule has 1 heteroatoms. The highest BCUT2D eigenvalue weighted by atomic mass is 14.9. The smallest absolute Gasteiger partial charge is 0.00643 e. The Morgan fingerprint density at radius 2 is 1.85 bits per heavy atom. The maximum Gasteiger partial charge on any atom is 0.00643 e. The minimum atomic E-state index is 0.686. The zero-order chi connectivity index (χ0) is 9.84. The van der Waals surface area contributed by atoms with Gasteiger partial charge < -0.3 is 5.32 Å². The Hall–Kier alpha value is -0.0400. The fraction of sp³-hybridized carbons (Fsp3) is 1.00. The van der Waals surface area contributed by atoms with Crippen LogP contribution in [-0.2, 0) is 0 Å². The quantitative estimate of drug-likeness (QED) is 0.667. The number of hydrogen-bond acceptors (Lipinski definition) is 1. The van der Waals surface area contributed by atoms with Gasteiger partial charge in [0.25, 0.3) is 0 Å². The Bertz CT molecular complexity index is 140. The van der Waals surface area contributed by atoms with Crippen LogP contribution in [0.2, 0.25) is 0 Å². The van der Waals surface area contributed by atoms with Crippen molar-refractivity contribution in [3.63, 3.8) is 0 Å². The first-order chi connectivity index (χ1) is 6.15. The lowest BCUT2D eigenvalue weighted by Gasteiger charge is -2.22. The van der Waals surface area contributed by atoms with Crippen LogP contribution in [0.4, 0.5) is 0 Å². The first kappa shape index (κ1) is 11.0. The van der Waals surface area contributed by atoms with Crippen molar-refractivity contribution < 1.29 is 0 Å². The van der Waals surface area contributed by atoms with Crippen molar-refractivity contribution in [3.05, 3.63) is 0 Å². The van der Waals surface area contributed by atoms with Crippen LogP contribution in [0.15, 0.2) is 0 Å². The SMILES string of the molecule is CCC(C)C(C)NCC(C)C1CC1. The summed E-state index contributed by atoms with van der Waals surface area (Å²) in [5, 5.41) is 3.65. The van der Waals surface area contributed by atoms with E-state index in [1.54, 1.807) is 0 Å². The molecule has 1 nitrogen and oxygen atoms in total. The molecule has 1 saturated carbocycles. The van der Waals surface area contributed by atoms with Crippen LogP contribution in [-0.4, -0.2) is 12.6 Å². The van der Waals surface area contributed by atoms with Crippen molar-refractivity contribution in [3.8, 4) is 0 Å². The number of rotatable bonds is 6. The zero-order valence-electron chi connectivity index (χ0n) is 9.64. The van der Waals surface area contributed by atoms with Crippen molar-refractivity contribution in [1.82, 2.24) is 5.32 Å². The Balaban J connectivity index is 2.09. The van der Waals surface area contributed by atoms with Gasteiger partial charge in [0.05, 0.1) is 0 Å². The molecule has 1 aliphatic carbocycles. The molecule has 0 amide bonds. The zero-order valence-corrected chi connectivity index (χ0v) is 9.64. The molecule has 0 aromatic carbocycles. The molecule has 1 rings (SSSR count). The molecule has 1 N–H and O–H groups in total. The molecule has 0 aromatic heterocycles. The monoisotopic (exact) mass is 183 g/mol. The Morgan fingerprint density at radius 1 is 1.23 bits per heavy atom. The van der Waals surface area contributed by atoms with Crippen LogP contribution in [0.5, 0.6) is 0 Å². The third-order valence-electron chi connectivity index (χ3n) is 3.69. The predicted molar refractivity (Wildman–Crippen MR) is 58.8 cm³/mol. The van der Waals surface area contributed by atoms with E-state index in [9.17, 15) is 0 Å². The second-order valence-corrected chi connectivity index (χ2v) is 4.90. The van der Waals surface area contributed by atoms with Gasteiger partial charge in [-0.15, -0.1) is 0 Å². The van der Waals surface area contributed by atoms with Crippen LogP contribution < -0.4 is 5.32 Å². The summed E-state index contributed by atoms with van der Waals surface area (Å²) < 4.78 is 0. The molecule has 1 aliphatic rings. The topological polar surface area (TPSA) is 12.0 Å². The third kappa shape index (κ3) is 3.68.